The monoisotopic (exact) mass is 480 g/mol. The average molecular weight is 481 g/mol. The van der Waals surface area contributed by atoms with Gasteiger partial charge < -0.3 is 20.5 Å². The minimum Gasteiger partial charge on any atom is -0.406 e. The van der Waals surface area contributed by atoms with Crippen molar-refractivity contribution in [3.8, 4) is 17.0 Å². The first-order chi connectivity index (χ1) is 15.5. The van der Waals surface area contributed by atoms with Gasteiger partial charge in [-0.05, 0) is 42.7 Å². The van der Waals surface area contributed by atoms with E-state index < -0.39 is 6.36 Å². The Hall–Kier alpha value is -3.04. The van der Waals surface area contributed by atoms with Gasteiger partial charge in [-0.2, -0.15) is 4.98 Å². The molecule has 0 unspecified atom stereocenters. The Labute approximate surface area is 194 Å². The molecule has 33 heavy (non-hydrogen) atoms. The smallest absolute Gasteiger partial charge is 0.406 e. The number of benzene rings is 2. The van der Waals surface area contributed by atoms with Crippen molar-refractivity contribution in [1.82, 2.24) is 9.97 Å². The van der Waals surface area contributed by atoms with Crippen molar-refractivity contribution < 1.29 is 23.0 Å². The Morgan fingerprint density at radius 3 is 2.48 bits per heavy atom. The number of anilines is 3. The van der Waals surface area contributed by atoms with Gasteiger partial charge in [-0.15, -0.1) is 13.2 Å². The van der Waals surface area contributed by atoms with Crippen LogP contribution in [0.3, 0.4) is 0 Å². The van der Waals surface area contributed by atoms with Crippen molar-refractivity contribution in [2.75, 3.05) is 17.2 Å². The summed E-state index contributed by atoms with van der Waals surface area (Å²) in [5, 5.41) is 16.4. The fourth-order valence-electron chi connectivity index (χ4n) is 3.02. The van der Waals surface area contributed by atoms with E-state index in [1.165, 1.54) is 18.2 Å². The number of halogens is 4. The molecule has 176 valence electrons. The lowest BCUT2D eigenvalue weighted by molar-refractivity contribution is -0.274. The van der Waals surface area contributed by atoms with Crippen molar-refractivity contribution in [3.05, 3.63) is 59.1 Å². The molecule has 0 spiro atoms. The molecular weight excluding hydrogens is 457 g/mol. The van der Waals surface area contributed by atoms with Gasteiger partial charge in [-0.25, -0.2) is 4.98 Å². The van der Waals surface area contributed by atoms with E-state index in [1.54, 1.807) is 24.3 Å². The average Bonchev–Trinajstić information content (AvgIpc) is 2.72. The van der Waals surface area contributed by atoms with Crippen LogP contribution in [-0.2, 0) is 0 Å². The summed E-state index contributed by atoms with van der Waals surface area (Å²) in [5.41, 5.74) is 2.34. The summed E-state index contributed by atoms with van der Waals surface area (Å²) >= 11 is 6.33. The molecule has 0 radical (unpaired) electrons. The predicted octanol–water partition coefficient (Wildman–Crippen LogP) is 6.18. The quantitative estimate of drug-likeness (QED) is 0.357. The zero-order chi connectivity index (χ0) is 24.2. The highest BCUT2D eigenvalue weighted by Crippen LogP contribution is 2.31. The van der Waals surface area contributed by atoms with Crippen molar-refractivity contribution >= 4 is 29.1 Å². The molecule has 0 aliphatic rings. The molecule has 0 aliphatic carbocycles. The Balaban J connectivity index is 2.02. The number of alkyl halides is 3. The summed E-state index contributed by atoms with van der Waals surface area (Å²) in [7, 11) is 0. The Kier molecular flexibility index (Phi) is 7.65. The maximum atomic E-state index is 12.7. The molecule has 3 N–H and O–H groups in total. The molecule has 2 aromatic carbocycles. The van der Waals surface area contributed by atoms with Gasteiger partial charge in [-0.1, -0.05) is 43.6 Å². The van der Waals surface area contributed by atoms with Crippen LogP contribution < -0.4 is 15.4 Å². The van der Waals surface area contributed by atoms with Crippen molar-refractivity contribution in [3.63, 3.8) is 0 Å². The second-order valence-corrected chi connectivity index (χ2v) is 8.23. The zero-order valence-corrected chi connectivity index (χ0v) is 19.0. The highest BCUT2D eigenvalue weighted by molar-refractivity contribution is 6.33. The number of aliphatic hydroxyl groups is 1. The summed E-state index contributed by atoms with van der Waals surface area (Å²) in [6, 6.07) is 12.3. The van der Waals surface area contributed by atoms with Gasteiger partial charge >= 0.3 is 6.36 Å². The summed E-state index contributed by atoms with van der Waals surface area (Å²) in [6.45, 7) is 5.63. The second-order valence-electron chi connectivity index (χ2n) is 7.82. The molecule has 0 saturated heterocycles. The van der Waals surface area contributed by atoms with E-state index in [0.717, 1.165) is 5.56 Å². The van der Waals surface area contributed by atoms with Gasteiger partial charge in [0.05, 0.1) is 29.1 Å². The number of hydrogen-bond donors (Lipinski definition) is 3. The first-order valence-electron chi connectivity index (χ1n) is 10.2. The fourth-order valence-corrected chi connectivity index (χ4v) is 3.31. The lowest BCUT2D eigenvalue weighted by Crippen LogP contribution is -2.30. The van der Waals surface area contributed by atoms with Gasteiger partial charge in [0.25, 0.3) is 0 Å². The number of aliphatic hydroxyl groups excluding tert-OH is 1. The third kappa shape index (κ3) is 6.97. The summed E-state index contributed by atoms with van der Waals surface area (Å²) in [6.07, 6.45) is -4.81. The van der Waals surface area contributed by atoms with E-state index in [-0.39, 0.29) is 30.3 Å². The van der Waals surface area contributed by atoms with Gasteiger partial charge in [-0.3, -0.25) is 0 Å². The standard InChI is InChI=1S/C23H24ClF3N4O2/c1-13(2)20(12-32)30-22-29-19(15-5-4-6-16(10-15)33-23(25,26)27)11-21(31-22)28-18-8-7-14(3)9-17(18)24/h4-11,13,20,32H,12H2,1-3H3,(H2,28,29,30,31)/t20-/m1/s1. The van der Waals surface area contributed by atoms with Gasteiger partial charge in [0.2, 0.25) is 5.95 Å². The molecule has 6 nitrogen and oxygen atoms in total. The number of ether oxygens (including phenoxy) is 1. The van der Waals surface area contributed by atoms with Crippen LogP contribution in [0, 0.1) is 12.8 Å². The fraction of sp³-hybridized carbons (Fsp3) is 0.304. The highest BCUT2D eigenvalue weighted by atomic mass is 35.5. The normalized spacial score (nSPS) is 12.5. The number of hydrogen-bond acceptors (Lipinski definition) is 6. The van der Waals surface area contributed by atoms with Crippen LogP contribution in [-0.4, -0.2) is 34.1 Å². The summed E-state index contributed by atoms with van der Waals surface area (Å²) in [4.78, 5) is 8.90. The number of aromatic nitrogens is 2. The van der Waals surface area contributed by atoms with E-state index in [4.69, 9.17) is 11.6 Å². The van der Waals surface area contributed by atoms with Gasteiger partial charge in [0.1, 0.15) is 11.6 Å². The molecule has 10 heteroatoms. The molecule has 0 fully saturated rings. The Morgan fingerprint density at radius 2 is 1.85 bits per heavy atom. The van der Waals surface area contributed by atoms with E-state index in [1.807, 2.05) is 26.8 Å². The number of nitrogens with zero attached hydrogens (tertiary/aromatic N) is 2. The third-order valence-corrected chi connectivity index (χ3v) is 5.11. The van der Waals surface area contributed by atoms with Gasteiger partial charge in [0.15, 0.2) is 0 Å². The maximum absolute atomic E-state index is 12.7. The van der Waals surface area contributed by atoms with E-state index in [0.29, 0.717) is 27.8 Å². The molecule has 1 heterocycles. The topological polar surface area (TPSA) is 79.3 Å². The molecule has 3 rings (SSSR count). The largest absolute Gasteiger partial charge is 0.573 e. The van der Waals surface area contributed by atoms with Crippen LogP contribution in [0.5, 0.6) is 5.75 Å². The molecule has 0 aliphatic heterocycles. The first kappa shape index (κ1) is 24.6. The van der Waals surface area contributed by atoms with Crippen LogP contribution >= 0.6 is 11.6 Å². The lowest BCUT2D eigenvalue weighted by Gasteiger charge is -2.21. The third-order valence-electron chi connectivity index (χ3n) is 4.79. The number of rotatable bonds is 8. The van der Waals surface area contributed by atoms with Crippen LogP contribution in [0.2, 0.25) is 5.02 Å². The minimum atomic E-state index is -4.81. The summed E-state index contributed by atoms with van der Waals surface area (Å²) in [5.74, 6) is 0.289. The van der Waals surface area contributed by atoms with Crippen molar-refractivity contribution in [1.29, 1.82) is 0 Å². The molecule has 0 bridgehead atoms. The molecule has 0 saturated carbocycles. The highest BCUT2D eigenvalue weighted by Gasteiger charge is 2.31. The van der Waals surface area contributed by atoms with Crippen LogP contribution in [0.1, 0.15) is 19.4 Å². The molecule has 0 amide bonds. The van der Waals surface area contributed by atoms with E-state index in [2.05, 4.69) is 25.3 Å². The zero-order valence-electron chi connectivity index (χ0n) is 18.2. The minimum absolute atomic E-state index is 0.0775. The molecular formula is C23H24ClF3N4O2. The van der Waals surface area contributed by atoms with Crippen LogP contribution in [0.25, 0.3) is 11.3 Å². The van der Waals surface area contributed by atoms with E-state index in [9.17, 15) is 18.3 Å². The maximum Gasteiger partial charge on any atom is 0.573 e. The SMILES string of the molecule is Cc1ccc(Nc2cc(-c3cccc(OC(F)(F)F)c3)nc(N[C@H](CO)C(C)C)n2)c(Cl)c1. The predicted molar refractivity (Wildman–Crippen MR) is 123 cm³/mol. The first-order valence-corrected chi connectivity index (χ1v) is 10.6. The molecule has 3 aromatic rings. The number of nitrogens with one attached hydrogen (secondary N) is 2. The van der Waals surface area contributed by atoms with E-state index >= 15 is 0 Å². The van der Waals surface area contributed by atoms with Crippen LogP contribution in [0.15, 0.2) is 48.5 Å². The Bertz CT molecular complexity index is 1110. The summed E-state index contributed by atoms with van der Waals surface area (Å²) < 4.78 is 42.0. The van der Waals surface area contributed by atoms with Crippen molar-refractivity contribution in [2.45, 2.75) is 33.2 Å². The number of aryl methyl sites for hydroxylation is 1. The van der Waals surface area contributed by atoms with Gasteiger partial charge in [0, 0.05) is 11.6 Å². The van der Waals surface area contributed by atoms with Crippen molar-refractivity contribution in [2.24, 2.45) is 5.92 Å². The lowest BCUT2D eigenvalue weighted by atomic mass is 10.1. The molecule has 1 atom stereocenters. The molecule has 1 aromatic heterocycles. The van der Waals surface area contributed by atoms with Crippen LogP contribution in [0.4, 0.5) is 30.6 Å². The second kappa shape index (κ2) is 10.3. The Morgan fingerprint density at radius 1 is 1.09 bits per heavy atom.